The van der Waals surface area contributed by atoms with Gasteiger partial charge >= 0.3 is 0 Å². The molecule has 2 aromatic rings. The number of carbonyl (C=O) groups is 1. The molecule has 1 aromatic heterocycles. The quantitative estimate of drug-likeness (QED) is 0.947. The van der Waals surface area contributed by atoms with Crippen LogP contribution in [0.5, 0.6) is 0 Å². The maximum Gasteiger partial charge on any atom is 0.255 e. The van der Waals surface area contributed by atoms with E-state index in [1.165, 1.54) is 0 Å². The largest absolute Gasteiger partial charge is 0.497 e. The molecule has 5 heteroatoms. The molecule has 0 fully saturated rings. The summed E-state index contributed by atoms with van der Waals surface area (Å²) in [5.74, 6) is 0.635. The van der Waals surface area contributed by atoms with E-state index in [0.717, 1.165) is 34.1 Å². The molecule has 22 heavy (non-hydrogen) atoms. The van der Waals surface area contributed by atoms with Crippen LogP contribution in [0.4, 0.5) is 5.69 Å². The second-order valence-electron chi connectivity index (χ2n) is 5.42. The van der Waals surface area contributed by atoms with Gasteiger partial charge in [0, 0.05) is 23.5 Å². The Morgan fingerprint density at radius 1 is 1.23 bits per heavy atom. The van der Waals surface area contributed by atoms with E-state index in [0.29, 0.717) is 13.0 Å². The Hall–Kier alpha value is -2.56. The second kappa shape index (κ2) is 5.67. The fourth-order valence-corrected chi connectivity index (χ4v) is 2.51. The molecule has 0 saturated heterocycles. The first-order chi connectivity index (χ1) is 10.6. The van der Waals surface area contributed by atoms with Crippen molar-refractivity contribution in [3.63, 3.8) is 0 Å². The van der Waals surface area contributed by atoms with Gasteiger partial charge < -0.3 is 14.6 Å². The van der Waals surface area contributed by atoms with Crippen molar-refractivity contribution in [1.82, 2.24) is 9.55 Å². The molecule has 0 spiro atoms. The van der Waals surface area contributed by atoms with Gasteiger partial charge in [0.1, 0.15) is 5.76 Å². The van der Waals surface area contributed by atoms with Gasteiger partial charge in [-0.15, -0.1) is 0 Å². The zero-order chi connectivity index (χ0) is 15.7. The molecule has 0 radical (unpaired) electrons. The predicted octanol–water partition coefficient (Wildman–Crippen LogP) is 3.12. The van der Waals surface area contributed by atoms with E-state index in [4.69, 9.17) is 4.74 Å². The van der Waals surface area contributed by atoms with Gasteiger partial charge in [-0.25, -0.2) is 4.98 Å². The summed E-state index contributed by atoms with van der Waals surface area (Å²) < 4.78 is 7.35. The molecule has 0 saturated carbocycles. The van der Waals surface area contributed by atoms with Crippen LogP contribution in [-0.4, -0.2) is 22.1 Å². The van der Waals surface area contributed by atoms with Crippen LogP contribution >= 0.6 is 0 Å². The zero-order valence-corrected chi connectivity index (χ0v) is 13.0. The first-order valence-corrected chi connectivity index (χ1v) is 7.31. The molecular formula is C17H19N3O2. The van der Waals surface area contributed by atoms with Crippen molar-refractivity contribution in [3.8, 4) is 5.69 Å². The van der Waals surface area contributed by atoms with Gasteiger partial charge in [0.2, 0.25) is 0 Å². The summed E-state index contributed by atoms with van der Waals surface area (Å²) in [5, 5.41) is 2.91. The number of imidazole rings is 1. The Balaban J connectivity index is 1.76. The van der Waals surface area contributed by atoms with E-state index in [9.17, 15) is 4.79 Å². The van der Waals surface area contributed by atoms with E-state index < -0.39 is 0 Å². The highest BCUT2D eigenvalue weighted by Crippen LogP contribution is 2.21. The smallest absolute Gasteiger partial charge is 0.255 e. The lowest BCUT2D eigenvalue weighted by Gasteiger charge is -2.09. The average Bonchev–Trinajstić information content (AvgIpc) is 3.07. The average molecular weight is 297 g/mol. The maximum absolute atomic E-state index is 12.2. The van der Waals surface area contributed by atoms with E-state index in [1.54, 1.807) is 0 Å². The second-order valence-corrected chi connectivity index (χ2v) is 5.42. The number of hydrogen-bond donors (Lipinski definition) is 1. The number of carbonyl (C=O) groups excluding carboxylic acids is 1. The Morgan fingerprint density at radius 3 is 2.50 bits per heavy atom. The molecule has 0 unspecified atom stereocenters. The van der Waals surface area contributed by atoms with Crippen molar-refractivity contribution in [2.24, 2.45) is 0 Å². The van der Waals surface area contributed by atoms with Gasteiger partial charge in [0.25, 0.3) is 5.91 Å². The summed E-state index contributed by atoms with van der Waals surface area (Å²) in [4.78, 5) is 16.5. The Bertz CT molecular complexity index is 742. The molecule has 1 amide bonds. The van der Waals surface area contributed by atoms with Crippen LogP contribution in [-0.2, 0) is 9.53 Å². The molecule has 3 rings (SSSR count). The van der Waals surface area contributed by atoms with Crippen LogP contribution in [0, 0.1) is 13.8 Å². The van der Waals surface area contributed by atoms with Crippen molar-refractivity contribution in [3.05, 3.63) is 53.3 Å². The highest BCUT2D eigenvalue weighted by molar-refractivity contribution is 6.04. The van der Waals surface area contributed by atoms with Gasteiger partial charge in [-0.2, -0.15) is 0 Å². The van der Waals surface area contributed by atoms with E-state index in [1.807, 2.05) is 55.9 Å². The van der Waals surface area contributed by atoms with E-state index in [2.05, 4.69) is 10.3 Å². The third-order valence-electron chi connectivity index (χ3n) is 4.02. The summed E-state index contributed by atoms with van der Waals surface area (Å²) in [6, 6.07) is 7.73. The molecular weight excluding hydrogens is 278 g/mol. The van der Waals surface area contributed by atoms with Crippen LogP contribution in [0.2, 0.25) is 0 Å². The number of amides is 1. The SMILES string of the molecule is CC1=C(C(=O)Nc2ccc(-n3cnc(C)c3C)cc2)CCO1. The molecule has 1 aliphatic heterocycles. The Morgan fingerprint density at radius 2 is 1.95 bits per heavy atom. The number of benzene rings is 1. The minimum absolute atomic E-state index is 0.0857. The third-order valence-corrected chi connectivity index (χ3v) is 4.02. The van der Waals surface area contributed by atoms with Gasteiger partial charge in [0.05, 0.1) is 24.2 Å². The zero-order valence-electron chi connectivity index (χ0n) is 13.0. The molecule has 0 atom stereocenters. The molecule has 1 N–H and O–H groups in total. The normalized spacial score (nSPS) is 14.1. The highest BCUT2D eigenvalue weighted by atomic mass is 16.5. The van der Waals surface area contributed by atoms with Gasteiger partial charge in [-0.3, -0.25) is 4.79 Å². The lowest BCUT2D eigenvalue weighted by Crippen LogP contribution is -2.14. The van der Waals surface area contributed by atoms with Gasteiger partial charge in [-0.05, 0) is 45.0 Å². The van der Waals surface area contributed by atoms with Crippen molar-refractivity contribution in [2.75, 3.05) is 11.9 Å². The fraction of sp³-hybridized carbons (Fsp3) is 0.294. The number of anilines is 1. The molecule has 0 aliphatic carbocycles. The Kier molecular flexibility index (Phi) is 3.71. The molecule has 114 valence electrons. The van der Waals surface area contributed by atoms with Crippen molar-refractivity contribution in [2.45, 2.75) is 27.2 Å². The number of nitrogens with one attached hydrogen (secondary N) is 1. The molecule has 5 nitrogen and oxygen atoms in total. The minimum Gasteiger partial charge on any atom is -0.497 e. The Labute approximate surface area is 129 Å². The van der Waals surface area contributed by atoms with Crippen LogP contribution in [0.3, 0.4) is 0 Å². The van der Waals surface area contributed by atoms with Crippen LogP contribution in [0.1, 0.15) is 24.7 Å². The number of aryl methyl sites for hydroxylation is 1. The molecule has 0 bridgehead atoms. The van der Waals surface area contributed by atoms with Crippen molar-refractivity contribution >= 4 is 11.6 Å². The van der Waals surface area contributed by atoms with E-state index in [-0.39, 0.29) is 5.91 Å². The van der Waals surface area contributed by atoms with Crippen LogP contribution in [0.15, 0.2) is 41.9 Å². The van der Waals surface area contributed by atoms with Gasteiger partial charge in [-0.1, -0.05) is 0 Å². The fourth-order valence-electron chi connectivity index (χ4n) is 2.51. The number of aromatic nitrogens is 2. The predicted molar refractivity (Wildman–Crippen MR) is 84.9 cm³/mol. The maximum atomic E-state index is 12.2. The number of ether oxygens (including phenoxy) is 1. The lowest BCUT2D eigenvalue weighted by molar-refractivity contribution is -0.113. The third kappa shape index (κ3) is 2.62. The number of nitrogens with zero attached hydrogens (tertiary/aromatic N) is 2. The summed E-state index contributed by atoms with van der Waals surface area (Å²) in [6.45, 7) is 6.44. The molecule has 2 heterocycles. The monoisotopic (exact) mass is 297 g/mol. The first-order valence-electron chi connectivity index (χ1n) is 7.31. The number of allylic oxidation sites excluding steroid dienone is 1. The van der Waals surface area contributed by atoms with Crippen molar-refractivity contribution in [1.29, 1.82) is 0 Å². The molecule has 1 aromatic carbocycles. The molecule has 1 aliphatic rings. The summed E-state index contributed by atoms with van der Waals surface area (Å²) >= 11 is 0. The van der Waals surface area contributed by atoms with E-state index >= 15 is 0 Å². The van der Waals surface area contributed by atoms with Crippen LogP contribution in [0.25, 0.3) is 5.69 Å². The standard InChI is InChI=1S/C17H19N3O2/c1-11-12(2)20(10-18-11)15-6-4-14(5-7-15)19-17(21)16-8-9-22-13(16)3/h4-7,10H,8-9H2,1-3H3,(H,19,21). The first kappa shape index (κ1) is 14.4. The minimum atomic E-state index is -0.0857. The van der Waals surface area contributed by atoms with Gasteiger partial charge in [0.15, 0.2) is 0 Å². The number of rotatable bonds is 3. The summed E-state index contributed by atoms with van der Waals surface area (Å²) in [7, 11) is 0. The number of hydrogen-bond acceptors (Lipinski definition) is 3. The summed E-state index contributed by atoms with van der Waals surface area (Å²) in [6.07, 6.45) is 2.48. The lowest BCUT2D eigenvalue weighted by atomic mass is 10.1. The summed E-state index contributed by atoms with van der Waals surface area (Å²) in [5.41, 5.74) is 4.65. The van der Waals surface area contributed by atoms with Crippen molar-refractivity contribution < 1.29 is 9.53 Å². The highest BCUT2D eigenvalue weighted by Gasteiger charge is 2.19. The topological polar surface area (TPSA) is 56.2 Å². The van der Waals surface area contributed by atoms with Crippen LogP contribution < -0.4 is 5.32 Å².